The minimum Gasteiger partial charge on any atom is -0.349 e. The first-order valence-electron chi connectivity index (χ1n) is 6.93. The highest BCUT2D eigenvalue weighted by Crippen LogP contribution is 2.23. The van der Waals surface area contributed by atoms with Crippen molar-refractivity contribution < 1.29 is 14.5 Å². The van der Waals surface area contributed by atoms with Crippen LogP contribution >= 0.6 is 0 Å². The number of nitrogens with one attached hydrogen (secondary N) is 3. The predicted molar refractivity (Wildman–Crippen MR) is 70.3 cm³/mol. The molecule has 0 bridgehead atoms. The molecular formula is C13H26N3O2+. The van der Waals surface area contributed by atoms with Crippen LogP contribution in [0.2, 0.25) is 0 Å². The molecule has 5 nitrogen and oxygen atoms in total. The van der Waals surface area contributed by atoms with Crippen molar-refractivity contribution in [3.63, 3.8) is 0 Å². The third kappa shape index (κ3) is 6.00. The summed E-state index contributed by atoms with van der Waals surface area (Å²) < 4.78 is 0. The van der Waals surface area contributed by atoms with E-state index in [0.717, 1.165) is 32.2 Å². The standard InChI is InChI=1S/C13H25N3O2/c1-16(2)9-8-14-12(17)10-15-13(18)11-6-4-3-5-7-11/h11H,3-10H2,1-2H3,(H,14,17)(H,15,18)/p+1. The second-order valence-electron chi connectivity index (χ2n) is 5.36. The molecular weight excluding hydrogens is 230 g/mol. The molecule has 5 heteroatoms. The van der Waals surface area contributed by atoms with Crippen molar-refractivity contribution in [1.82, 2.24) is 10.6 Å². The number of rotatable bonds is 6. The topological polar surface area (TPSA) is 62.6 Å². The molecule has 0 aromatic carbocycles. The molecule has 0 unspecified atom stereocenters. The fourth-order valence-electron chi connectivity index (χ4n) is 2.19. The first-order valence-corrected chi connectivity index (χ1v) is 6.93. The van der Waals surface area contributed by atoms with Crippen LogP contribution in [0.1, 0.15) is 32.1 Å². The van der Waals surface area contributed by atoms with Gasteiger partial charge in [0, 0.05) is 5.92 Å². The van der Waals surface area contributed by atoms with E-state index in [1.54, 1.807) is 0 Å². The molecule has 0 aromatic heterocycles. The quantitative estimate of drug-likeness (QED) is 0.567. The molecule has 3 N–H and O–H groups in total. The largest absolute Gasteiger partial charge is 0.349 e. The lowest BCUT2D eigenvalue weighted by Gasteiger charge is -2.20. The Labute approximate surface area is 109 Å². The average molecular weight is 256 g/mol. The molecule has 1 aliphatic carbocycles. The third-order valence-corrected chi connectivity index (χ3v) is 3.35. The van der Waals surface area contributed by atoms with Crippen LogP contribution in [0.3, 0.4) is 0 Å². The number of hydrogen-bond donors (Lipinski definition) is 3. The zero-order valence-corrected chi connectivity index (χ0v) is 11.6. The van der Waals surface area contributed by atoms with E-state index in [-0.39, 0.29) is 24.3 Å². The number of quaternary nitrogens is 1. The van der Waals surface area contributed by atoms with Crippen molar-refractivity contribution in [3.05, 3.63) is 0 Å². The highest BCUT2D eigenvalue weighted by molar-refractivity contribution is 5.85. The first kappa shape index (κ1) is 15.0. The van der Waals surface area contributed by atoms with Crippen molar-refractivity contribution >= 4 is 11.8 Å². The van der Waals surface area contributed by atoms with Crippen LogP contribution in [-0.2, 0) is 9.59 Å². The third-order valence-electron chi connectivity index (χ3n) is 3.35. The van der Waals surface area contributed by atoms with Crippen molar-refractivity contribution in [2.75, 3.05) is 33.7 Å². The Hall–Kier alpha value is -1.10. The van der Waals surface area contributed by atoms with Crippen molar-refractivity contribution in [2.45, 2.75) is 32.1 Å². The van der Waals surface area contributed by atoms with Gasteiger partial charge in [-0.05, 0) is 12.8 Å². The first-order chi connectivity index (χ1) is 8.59. The van der Waals surface area contributed by atoms with E-state index < -0.39 is 0 Å². The Morgan fingerprint density at radius 1 is 1.11 bits per heavy atom. The normalized spacial score (nSPS) is 16.6. The van der Waals surface area contributed by atoms with E-state index in [9.17, 15) is 9.59 Å². The summed E-state index contributed by atoms with van der Waals surface area (Å²) in [5.74, 6) is 0.0706. The van der Waals surface area contributed by atoms with Gasteiger partial charge >= 0.3 is 0 Å². The second-order valence-corrected chi connectivity index (χ2v) is 5.36. The summed E-state index contributed by atoms with van der Waals surface area (Å²) in [6.07, 6.45) is 5.44. The van der Waals surface area contributed by atoms with E-state index in [4.69, 9.17) is 0 Å². The summed E-state index contributed by atoms with van der Waals surface area (Å²) in [6, 6.07) is 0. The molecule has 18 heavy (non-hydrogen) atoms. The smallest absolute Gasteiger partial charge is 0.239 e. The number of amides is 2. The molecule has 104 valence electrons. The highest BCUT2D eigenvalue weighted by atomic mass is 16.2. The zero-order chi connectivity index (χ0) is 13.4. The summed E-state index contributed by atoms with van der Waals surface area (Å²) in [5.41, 5.74) is 0. The summed E-state index contributed by atoms with van der Waals surface area (Å²) in [6.45, 7) is 1.65. The van der Waals surface area contributed by atoms with Crippen molar-refractivity contribution in [2.24, 2.45) is 5.92 Å². The lowest BCUT2D eigenvalue weighted by Crippen LogP contribution is -3.06. The molecule has 0 saturated heterocycles. The summed E-state index contributed by atoms with van der Waals surface area (Å²) >= 11 is 0. The van der Waals surface area contributed by atoms with Crippen LogP contribution < -0.4 is 15.5 Å². The molecule has 1 saturated carbocycles. The molecule has 0 radical (unpaired) electrons. The maximum Gasteiger partial charge on any atom is 0.239 e. The van der Waals surface area contributed by atoms with E-state index in [2.05, 4.69) is 10.6 Å². The minimum absolute atomic E-state index is 0.0445. The van der Waals surface area contributed by atoms with Crippen LogP contribution in [0.15, 0.2) is 0 Å². The van der Waals surface area contributed by atoms with Gasteiger partial charge < -0.3 is 15.5 Å². The molecule has 0 atom stereocenters. The Morgan fingerprint density at radius 3 is 2.39 bits per heavy atom. The van der Waals surface area contributed by atoms with E-state index in [1.807, 2.05) is 14.1 Å². The van der Waals surface area contributed by atoms with Crippen molar-refractivity contribution in [3.8, 4) is 0 Å². The molecule has 1 aliphatic rings. The average Bonchev–Trinajstić information content (AvgIpc) is 2.36. The maximum atomic E-state index is 11.8. The second kappa shape index (κ2) is 8.08. The van der Waals surface area contributed by atoms with Crippen LogP contribution in [0.4, 0.5) is 0 Å². The highest BCUT2D eigenvalue weighted by Gasteiger charge is 2.21. The van der Waals surface area contributed by atoms with E-state index in [1.165, 1.54) is 11.3 Å². The van der Waals surface area contributed by atoms with E-state index in [0.29, 0.717) is 6.54 Å². The van der Waals surface area contributed by atoms with Crippen LogP contribution in [0.5, 0.6) is 0 Å². The van der Waals surface area contributed by atoms with Gasteiger partial charge in [-0.15, -0.1) is 0 Å². The lowest BCUT2D eigenvalue weighted by atomic mass is 9.89. The van der Waals surface area contributed by atoms with Crippen LogP contribution in [0.25, 0.3) is 0 Å². The van der Waals surface area contributed by atoms with Gasteiger partial charge in [-0.2, -0.15) is 0 Å². The molecule has 2 amide bonds. The summed E-state index contributed by atoms with van der Waals surface area (Å²) in [5, 5.41) is 5.53. The minimum atomic E-state index is -0.0968. The SMILES string of the molecule is C[NH+](C)CCNC(=O)CNC(=O)C1CCCCC1. The lowest BCUT2D eigenvalue weighted by molar-refractivity contribution is -0.856. The van der Waals surface area contributed by atoms with Gasteiger partial charge in [-0.3, -0.25) is 9.59 Å². The molecule has 0 aliphatic heterocycles. The van der Waals surface area contributed by atoms with Gasteiger partial charge in [0.2, 0.25) is 11.8 Å². The number of likely N-dealkylation sites (N-methyl/N-ethyl adjacent to an activating group) is 1. The predicted octanol–water partition coefficient (Wildman–Crippen LogP) is -1.06. The summed E-state index contributed by atoms with van der Waals surface area (Å²) in [4.78, 5) is 24.6. The number of carbonyl (C=O) groups is 2. The zero-order valence-electron chi connectivity index (χ0n) is 11.6. The molecule has 0 heterocycles. The molecule has 0 spiro atoms. The van der Waals surface area contributed by atoms with Gasteiger partial charge in [-0.25, -0.2) is 0 Å². The maximum absolute atomic E-state index is 11.8. The Kier molecular flexibility index (Phi) is 6.72. The Morgan fingerprint density at radius 2 is 1.78 bits per heavy atom. The Balaban J connectivity index is 2.11. The molecule has 1 fully saturated rings. The summed E-state index contributed by atoms with van der Waals surface area (Å²) in [7, 11) is 4.08. The van der Waals surface area contributed by atoms with Gasteiger partial charge in [0.1, 0.15) is 0 Å². The van der Waals surface area contributed by atoms with E-state index >= 15 is 0 Å². The fourth-order valence-corrected chi connectivity index (χ4v) is 2.19. The van der Waals surface area contributed by atoms with Gasteiger partial charge in [0.05, 0.1) is 33.7 Å². The van der Waals surface area contributed by atoms with Gasteiger partial charge in [-0.1, -0.05) is 19.3 Å². The van der Waals surface area contributed by atoms with Gasteiger partial charge in [0.15, 0.2) is 0 Å². The molecule has 1 rings (SSSR count). The Bertz CT molecular complexity index is 273. The number of hydrogen-bond acceptors (Lipinski definition) is 2. The van der Waals surface area contributed by atoms with Crippen LogP contribution in [-0.4, -0.2) is 45.5 Å². The monoisotopic (exact) mass is 256 g/mol. The molecule has 0 aromatic rings. The fraction of sp³-hybridized carbons (Fsp3) is 0.846. The van der Waals surface area contributed by atoms with Crippen molar-refractivity contribution in [1.29, 1.82) is 0 Å². The van der Waals surface area contributed by atoms with Crippen LogP contribution in [0, 0.1) is 5.92 Å². The number of carbonyl (C=O) groups excluding carboxylic acids is 2. The van der Waals surface area contributed by atoms with Gasteiger partial charge in [0.25, 0.3) is 0 Å².